The zero-order chi connectivity index (χ0) is 12.0. The van der Waals surface area contributed by atoms with Crippen molar-refractivity contribution in [3.8, 4) is 12.3 Å². The van der Waals surface area contributed by atoms with Gasteiger partial charge in [-0.1, -0.05) is 17.3 Å². The number of hydrogen-bond acceptors (Lipinski definition) is 5. The molecule has 1 aromatic heterocycles. The van der Waals surface area contributed by atoms with Crippen LogP contribution in [-0.4, -0.2) is 45.3 Å². The van der Waals surface area contributed by atoms with Crippen molar-refractivity contribution in [2.45, 2.75) is 0 Å². The second-order valence-corrected chi connectivity index (χ2v) is 3.46. The minimum Gasteiger partial charge on any atom is -0.480 e. The van der Waals surface area contributed by atoms with E-state index >= 15 is 0 Å². The van der Waals surface area contributed by atoms with Crippen molar-refractivity contribution in [1.29, 1.82) is 0 Å². The standard InChI is InChI=1S/C8H8N4O3S/c1-2-3-12(4-6(13)14)8(15)10-7-11-9-5-16-7/h1,5H,3-4H2,(H,13,14)(H,10,11,15). The van der Waals surface area contributed by atoms with Crippen LogP contribution in [0.4, 0.5) is 9.93 Å². The molecule has 0 aliphatic heterocycles. The fourth-order valence-electron chi connectivity index (χ4n) is 0.871. The molecule has 0 aliphatic carbocycles. The van der Waals surface area contributed by atoms with Gasteiger partial charge < -0.3 is 10.0 Å². The molecule has 0 bridgehead atoms. The maximum absolute atomic E-state index is 11.5. The summed E-state index contributed by atoms with van der Waals surface area (Å²) in [6.07, 6.45) is 5.03. The zero-order valence-corrected chi connectivity index (χ0v) is 8.90. The largest absolute Gasteiger partial charge is 0.480 e. The van der Waals surface area contributed by atoms with E-state index in [-0.39, 0.29) is 11.7 Å². The van der Waals surface area contributed by atoms with Crippen molar-refractivity contribution >= 4 is 28.5 Å². The molecule has 7 nitrogen and oxygen atoms in total. The number of aromatic nitrogens is 2. The minimum atomic E-state index is -1.14. The van der Waals surface area contributed by atoms with Gasteiger partial charge in [0.15, 0.2) is 0 Å². The summed E-state index contributed by atoms with van der Waals surface area (Å²) < 4.78 is 0. The quantitative estimate of drug-likeness (QED) is 0.727. The van der Waals surface area contributed by atoms with Crippen LogP contribution >= 0.6 is 11.3 Å². The maximum atomic E-state index is 11.5. The first kappa shape index (κ1) is 11.9. The molecule has 1 aromatic rings. The third kappa shape index (κ3) is 3.55. The van der Waals surface area contributed by atoms with Crippen molar-refractivity contribution in [1.82, 2.24) is 15.1 Å². The summed E-state index contributed by atoms with van der Waals surface area (Å²) in [4.78, 5) is 23.0. The number of carboxylic acids is 1. The van der Waals surface area contributed by atoms with Crippen molar-refractivity contribution in [2.24, 2.45) is 0 Å². The van der Waals surface area contributed by atoms with Crippen molar-refractivity contribution in [3.63, 3.8) is 0 Å². The van der Waals surface area contributed by atoms with Gasteiger partial charge in [-0.15, -0.1) is 16.6 Å². The highest BCUT2D eigenvalue weighted by atomic mass is 32.1. The highest BCUT2D eigenvalue weighted by Gasteiger charge is 2.16. The average Bonchev–Trinajstić information content (AvgIpc) is 2.69. The fraction of sp³-hybridized carbons (Fsp3) is 0.250. The SMILES string of the molecule is C#CCN(CC(=O)O)C(=O)Nc1nncs1. The van der Waals surface area contributed by atoms with Gasteiger partial charge in [-0.25, -0.2) is 4.79 Å². The number of aliphatic carboxylic acids is 1. The molecule has 1 heterocycles. The van der Waals surface area contributed by atoms with E-state index in [1.807, 2.05) is 0 Å². The third-order valence-electron chi connectivity index (χ3n) is 1.47. The number of nitrogens with one attached hydrogen (secondary N) is 1. The number of carbonyl (C=O) groups excluding carboxylic acids is 1. The molecule has 0 atom stereocenters. The molecular weight excluding hydrogens is 232 g/mol. The Kier molecular flexibility index (Phi) is 4.23. The summed E-state index contributed by atoms with van der Waals surface area (Å²) in [6, 6.07) is -0.614. The highest BCUT2D eigenvalue weighted by molar-refractivity contribution is 7.13. The minimum absolute atomic E-state index is 0.0864. The second-order valence-electron chi connectivity index (χ2n) is 2.63. The van der Waals surface area contributed by atoms with E-state index in [0.29, 0.717) is 0 Å². The van der Waals surface area contributed by atoms with Gasteiger partial charge in [-0.05, 0) is 0 Å². The van der Waals surface area contributed by atoms with Crippen LogP contribution in [-0.2, 0) is 4.79 Å². The molecule has 0 saturated carbocycles. The van der Waals surface area contributed by atoms with Crippen molar-refractivity contribution < 1.29 is 14.7 Å². The molecule has 84 valence electrons. The number of amides is 2. The Morgan fingerprint density at radius 2 is 2.44 bits per heavy atom. The molecule has 16 heavy (non-hydrogen) atoms. The van der Waals surface area contributed by atoms with E-state index in [4.69, 9.17) is 11.5 Å². The fourth-order valence-corrected chi connectivity index (χ4v) is 1.31. The Balaban J connectivity index is 2.60. The number of carboxylic acid groups (broad SMARTS) is 1. The summed E-state index contributed by atoms with van der Waals surface area (Å²) in [5.41, 5.74) is 1.44. The highest BCUT2D eigenvalue weighted by Crippen LogP contribution is 2.08. The van der Waals surface area contributed by atoms with E-state index in [2.05, 4.69) is 21.4 Å². The lowest BCUT2D eigenvalue weighted by Gasteiger charge is -2.17. The van der Waals surface area contributed by atoms with E-state index in [0.717, 1.165) is 16.2 Å². The summed E-state index contributed by atoms with van der Waals surface area (Å²) >= 11 is 1.13. The predicted octanol–water partition coefficient (Wildman–Crippen LogP) is 0.0898. The molecule has 1 rings (SSSR count). The zero-order valence-electron chi connectivity index (χ0n) is 8.08. The van der Waals surface area contributed by atoms with E-state index < -0.39 is 18.5 Å². The molecule has 0 saturated heterocycles. The summed E-state index contributed by atoms with van der Waals surface area (Å²) in [5.74, 6) is 1.07. The second kappa shape index (κ2) is 5.67. The van der Waals surface area contributed by atoms with Gasteiger partial charge in [0.05, 0.1) is 6.54 Å². The van der Waals surface area contributed by atoms with Crippen LogP contribution in [0.5, 0.6) is 0 Å². The van der Waals surface area contributed by atoms with Crippen LogP contribution in [0.15, 0.2) is 5.51 Å². The van der Waals surface area contributed by atoms with E-state index in [1.165, 1.54) is 5.51 Å². The van der Waals surface area contributed by atoms with Crippen LogP contribution in [0.25, 0.3) is 0 Å². The molecule has 0 radical (unpaired) electrons. The predicted molar refractivity (Wildman–Crippen MR) is 57.0 cm³/mol. The monoisotopic (exact) mass is 240 g/mol. The van der Waals surface area contributed by atoms with E-state index in [1.54, 1.807) is 0 Å². The summed E-state index contributed by atoms with van der Waals surface area (Å²) in [5, 5.41) is 18.4. The lowest BCUT2D eigenvalue weighted by atomic mass is 10.5. The van der Waals surface area contributed by atoms with Gasteiger partial charge in [-0.3, -0.25) is 10.1 Å². The smallest absolute Gasteiger partial charge is 0.325 e. The summed E-state index contributed by atoms with van der Waals surface area (Å²) in [6.45, 7) is -0.550. The van der Waals surface area contributed by atoms with Gasteiger partial charge >= 0.3 is 12.0 Å². The van der Waals surface area contributed by atoms with Gasteiger partial charge in [-0.2, -0.15) is 0 Å². The third-order valence-corrected chi connectivity index (χ3v) is 2.08. The molecule has 0 fully saturated rings. The Hall–Kier alpha value is -2.14. The normalized spacial score (nSPS) is 9.19. The van der Waals surface area contributed by atoms with Crippen LogP contribution in [0.1, 0.15) is 0 Å². The molecule has 0 unspecified atom stereocenters. The first-order valence-corrected chi connectivity index (χ1v) is 4.98. The lowest BCUT2D eigenvalue weighted by molar-refractivity contribution is -0.137. The number of urea groups is 1. The number of nitrogens with zero attached hydrogens (tertiary/aromatic N) is 3. The number of carbonyl (C=O) groups is 2. The lowest BCUT2D eigenvalue weighted by Crippen LogP contribution is -2.39. The number of rotatable bonds is 4. The van der Waals surface area contributed by atoms with Crippen LogP contribution in [0.3, 0.4) is 0 Å². The maximum Gasteiger partial charge on any atom is 0.325 e. The van der Waals surface area contributed by atoms with Crippen LogP contribution in [0.2, 0.25) is 0 Å². The molecule has 0 spiro atoms. The van der Waals surface area contributed by atoms with Gasteiger partial charge in [0.1, 0.15) is 12.1 Å². The van der Waals surface area contributed by atoms with Gasteiger partial charge in [0.25, 0.3) is 0 Å². The first-order chi connectivity index (χ1) is 7.63. The Labute approximate surface area is 95.1 Å². The van der Waals surface area contributed by atoms with E-state index in [9.17, 15) is 9.59 Å². The molecule has 8 heteroatoms. The first-order valence-electron chi connectivity index (χ1n) is 4.11. The average molecular weight is 240 g/mol. The molecular formula is C8H8N4O3S. The van der Waals surface area contributed by atoms with Crippen LogP contribution in [0, 0.1) is 12.3 Å². The molecule has 2 N–H and O–H groups in total. The van der Waals surface area contributed by atoms with Gasteiger partial charge in [0.2, 0.25) is 5.13 Å². The number of anilines is 1. The van der Waals surface area contributed by atoms with Crippen molar-refractivity contribution in [3.05, 3.63) is 5.51 Å². The van der Waals surface area contributed by atoms with Gasteiger partial charge in [0, 0.05) is 0 Å². The molecule has 0 aliphatic rings. The number of terminal acetylenes is 1. The molecule has 2 amide bonds. The van der Waals surface area contributed by atoms with Crippen LogP contribution < -0.4 is 5.32 Å². The summed E-state index contributed by atoms with van der Waals surface area (Å²) in [7, 11) is 0. The number of hydrogen-bond donors (Lipinski definition) is 2. The molecule has 0 aromatic carbocycles. The van der Waals surface area contributed by atoms with Crippen molar-refractivity contribution in [2.75, 3.05) is 18.4 Å². The Morgan fingerprint density at radius 1 is 1.69 bits per heavy atom. The Bertz CT molecular complexity index is 411. The topological polar surface area (TPSA) is 95.4 Å². The Morgan fingerprint density at radius 3 is 2.94 bits per heavy atom.